The van der Waals surface area contributed by atoms with Gasteiger partial charge in [0.2, 0.25) is 5.78 Å². The van der Waals surface area contributed by atoms with Crippen LogP contribution < -0.4 is 5.32 Å². The molecule has 5 nitrogen and oxygen atoms in total. The summed E-state index contributed by atoms with van der Waals surface area (Å²) in [5, 5.41) is 13.0. The minimum absolute atomic E-state index is 0.275. The van der Waals surface area contributed by atoms with E-state index in [1.54, 1.807) is 0 Å². The third-order valence-corrected chi connectivity index (χ3v) is 5.23. The third-order valence-electron chi connectivity index (χ3n) is 5.23. The van der Waals surface area contributed by atoms with Gasteiger partial charge in [-0.15, -0.1) is 0 Å². The summed E-state index contributed by atoms with van der Waals surface area (Å²) in [6.07, 6.45) is 9.21. The van der Waals surface area contributed by atoms with Crippen molar-refractivity contribution in [1.29, 1.82) is 0 Å². The first-order chi connectivity index (χ1) is 11.1. The number of imidazole rings is 1. The quantitative estimate of drug-likeness (QED) is 0.860. The molecule has 0 saturated heterocycles. The van der Waals surface area contributed by atoms with Crippen LogP contribution in [0.15, 0.2) is 12.3 Å². The summed E-state index contributed by atoms with van der Waals surface area (Å²) < 4.78 is 2.12. The van der Waals surface area contributed by atoms with E-state index < -0.39 is 0 Å². The van der Waals surface area contributed by atoms with Gasteiger partial charge in [0.25, 0.3) is 0 Å². The first-order valence-corrected chi connectivity index (χ1v) is 8.76. The Kier molecular flexibility index (Phi) is 4.97. The van der Waals surface area contributed by atoms with E-state index in [1.807, 2.05) is 13.1 Å². The van der Waals surface area contributed by atoms with Crippen molar-refractivity contribution < 1.29 is 5.11 Å². The second-order valence-electron chi connectivity index (χ2n) is 7.06. The molecule has 23 heavy (non-hydrogen) atoms. The van der Waals surface area contributed by atoms with Gasteiger partial charge < -0.3 is 10.4 Å². The Morgan fingerprint density at radius 3 is 2.78 bits per heavy atom. The molecule has 126 valence electrons. The molecule has 1 saturated carbocycles. The molecule has 2 heterocycles. The summed E-state index contributed by atoms with van der Waals surface area (Å²) in [5.41, 5.74) is 3.60. The predicted molar refractivity (Wildman–Crippen MR) is 91.4 cm³/mol. The molecular weight excluding hydrogens is 288 g/mol. The molecule has 0 aromatic carbocycles. The van der Waals surface area contributed by atoms with Gasteiger partial charge in [0.05, 0.1) is 11.9 Å². The van der Waals surface area contributed by atoms with Crippen molar-refractivity contribution >= 4 is 5.78 Å². The van der Waals surface area contributed by atoms with Crippen molar-refractivity contribution in [3.05, 3.63) is 29.3 Å². The van der Waals surface area contributed by atoms with E-state index in [-0.39, 0.29) is 5.41 Å². The average molecular weight is 316 g/mol. The van der Waals surface area contributed by atoms with Crippen LogP contribution in [0.4, 0.5) is 0 Å². The van der Waals surface area contributed by atoms with Gasteiger partial charge in [-0.05, 0) is 44.6 Å². The van der Waals surface area contributed by atoms with Crippen LogP contribution in [0.1, 0.15) is 55.6 Å². The Balaban J connectivity index is 1.68. The minimum Gasteiger partial charge on any atom is -0.396 e. The number of hydrogen-bond donors (Lipinski definition) is 2. The van der Waals surface area contributed by atoms with Crippen LogP contribution in [0.25, 0.3) is 5.78 Å². The lowest BCUT2D eigenvalue weighted by Gasteiger charge is -2.37. The van der Waals surface area contributed by atoms with Crippen molar-refractivity contribution in [2.75, 3.05) is 13.2 Å². The fourth-order valence-corrected chi connectivity index (χ4v) is 4.03. The van der Waals surface area contributed by atoms with E-state index in [0.717, 1.165) is 36.7 Å². The molecule has 0 bridgehead atoms. The monoisotopic (exact) mass is 316 g/mol. The summed E-state index contributed by atoms with van der Waals surface area (Å²) in [7, 11) is 0. The van der Waals surface area contributed by atoms with Crippen LogP contribution in [0, 0.1) is 19.3 Å². The number of fused-ring (bicyclic) bond motifs is 1. The van der Waals surface area contributed by atoms with Gasteiger partial charge in [-0.2, -0.15) is 0 Å². The first kappa shape index (κ1) is 16.4. The molecule has 1 fully saturated rings. The number of aromatic nitrogens is 3. The summed E-state index contributed by atoms with van der Waals surface area (Å²) in [6, 6.07) is 2.09. The van der Waals surface area contributed by atoms with E-state index in [1.165, 1.54) is 37.8 Å². The molecule has 0 spiro atoms. The zero-order valence-corrected chi connectivity index (χ0v) is 14.3. The van der Waals surface area contributed by atoms with Gasteiger partial charge in [-0.3, -0.25) is 4.40 Å². The van der Waals surface area contributed by atoms with Crippen LogP contribution in [0.5, 0.6) is 0 Å². The zero-order valence-electron chi connectivity index (χ0n) is 14.3. The summed E-state index contributed by atoms with van der Waals surface area (Å²) in [4.78, 5) is 8.92. The predicted octanol–water partition coefficient (Wildman–Crippen LogP) is 2.77. The second kappa shape index (κ2) is 6.97. The molecule has 2 aromatic rings. The molecule has 1 aliphatic rings. The second-order valence-corrected chi connectivity index (χ2v) is 7.06. The Morgan fingerprint density at radius 1 is 1.26 bits per heavy atom. The highest BCUT2D eigenvalue weighted by molar-refractivity contribution is 5.35. The van der Waals surface area contributed by atoms with Crippen LogP contribution in [-0.4, -0.2) is 32.6 Å². The molecule has 2 N–H and O–H groups in total. The lowest BCUT2D eigenvalue weighted by molar-refractivity contribution is 0.126. The summed E-state index contributed by atoms with van der Waals surface area (Å²) >= 11 is 0. The van der Waals surface area contributed by atoms with Gasteiger partial charge in [-0.1, -0.05) is 19.3 Å². The largest absolute Gasteiger partial charge is 0.396 e. The Labute approximate surface area is 138 Å². The molecule has 3 rings (SSSR count). The SMILES string of the molecule is Cc1cc(C)n2c(CNCC3(CCO)CCCCC3)cnc2n1. The fourth-order valence-electron chi connectivity index (χ4n) is 4.03. The Morgan fingerprint density at radius 2 is 2.04 bits per heavy atom. The van der Waals surface area contributed by atoms with E-state index in [2.05, 4.69) is 32.7 Å². The zero-order chi connectivity index (χ0) is 16.3. The smallest absolute Gasteiger partial charge is 0.234 e. The number of nitrogens with zero attached hydrogens (tertiary/aromatic N) is 3. The maximum atomic E-state index is 9.42. The summed E-state index contributed by atoms with van der Waals surface area (Å²) in [5.74, 6) is 0.780. The van der Waals surface area contributed by atoms with E-state index >= 15 is 0 Å². The lowest BCUT2D eigenvalue weighted by Crippen LogP contribution is -2.37. The van der Waals surface area contributed by atoms with Crippen molar-refractivity contribution in [1.82, 2.24) is 19.7 Å². The topological polar surface area (TPSA) is 62.5 Å². The molecule has 0 aliphatic heterocycles. The lowest BCUT2D eigenvalue weighted by atomic mass is 9.72. The summed E-state index contributed by atoms with van der Waals surface area (Å²) in [6.45, 7) is 6.15. The number of nitrogens with one attached hydrogen (secondary N) is 1. The Bertz CT molecular complexity index is 653. The molecule has 0 unspecified atom stereocenters. The first-order valence-electron chi connectivity index (χ1n) is 8.76. The molecule has 0 radical (unpaired) electrons. The van der Waals surface area contributed by atoms with Crippen LogP contribution in [0.3, 0.4) is 0 Å². The van der Waals surface area contributed by atoms with Crippen LogP contribution >= 0.6 is 0 Å². The molecule has 0 atom stereocenters. The van der Waals surface area contributed by atoms with Gasteiger partial charge in [0.1, 0.15) is 0 Å². The number of aryl methyl sites for hydroxylation is 2. The van der Waals surface area contributed by atoms with Gasteiger partial charge in [0, 0.05) is 31.1 Å². The molecule has 5 heteroatoms. The van der Waals surface area contributed by atoms with Crippen molar-refractivity contribution in [2.45, 2.75) is 58.9 Å². The molecule has 2 aromatic heterocycles. The van der Waals surface area contributed by atoms with Crippen LogP contribution in [-0.2, 0) is 6.54 Å². The van der Waals surface area contributed by atoms with E-state index in [9.17, 15) is 5.11 Å². The molecule has 1 aliphatic carbocycles. The third kappa shape index (κ3) is 3.56. The number of hydrogen-bond acceptors (Lipinski definition) is 4. The maximum absolute atomic E-state index is 9.42. The van der Waals surface area contributed by atoms with Gasteiger partial charge >= 0.3 is 0 Å². The van der Waals surface area contributed by atoms with Crippen molar-refractivity contribution in [2.24, 2.45) is 5.41 Å². The number of aliphatic hydroxyl groups is 1. The average Bonchev–Trinajstić information content (AvgIpc) is 2.91. The normalized spacial score (nSPS) is 17.7. The highest BCUT2D eigenvalue weighted by Crippen LogP contribution is 2.38. The van der Waals surface area contributed by atoms with Crippen LogP contribution in [0.2, 0.25) is 0 Å². The fraction of sp³-hybridized carbons (Fsp3) is 0.667. The number of aliphatic hydroxyl groups excluding tert-OH is 1. The molecular formula is C18H28N4O. The van der Waals surface area contributed by atoms with Gasteiger partial charge in [0.15, 0.2) is 0 Å². The number of rotatable bonds is 6. The highest BCUT2D eigenvalue weighted by atomic mass is 16.3. The minimum atomic E-state index is 0.275. The standard InChI is InChI=1S/C18H28N4O/c1-14-10-15(2)22-16(12-20-17(22)21-14)11-19-13-18(8-9-23)6-4-3-5-7-18/h10,12,19,23H,3-9,11,13H2,1-2H3. The highest BCUT2D eigenvalue weighted by Gasteiger charge is 2.31. The maximum Gasteiger partial charge on any atom is 0.234 e. The molecule has 0 amide bonds. The van der Waals surface area contributed by atoms with E-state index in [0.29, 0.717) is 6.61 Å². The Hall–Kier alpha value is -1.46. The van der Waals surface area contributed by atoms with Gasteiger partial charge in [-0.25, -0.2) is 9.97 Å². The van der Waals surface area contributed by atoms with E-state index in [4.69, 9.17) is 0 Å². The van der Waals surface area contributed by atoms with Crippen molar-refractivity contribution in [3.8, 4) is 0 Å². The van der Waals surface area contributed by atoms with Crippen molar-refractivity contribution in [3.63, 3.8) is 0 Å².